The first kappa shape index (κ1) is 11.5. The lowest BCUT2D eigenvalue weighted by Gasteiger charge is -2.05. The van der Waals surface area contributed by atoms with E-state index < -0.39 is 0 Å². The lowest BCUT2D eigenvalue weighted by atomic mass is 10.3. The van der Waals surface area contributed by atoms with Crippen LogP contribution in [0, 0.1) is 6.92 Å². The number of anilines is 1. The molecule has 0 amide bonds. The summed E-state index contributed by atoms with van der Waals surface area (Å²) in [6.07, 6.45) is 3.16. The van der Waals surface area contributed by atoms with Gasteiger partial charge in [0, 0.05) is 6.07 Å². The predicted molar refractivity (Wildman–Crippen MR) is 72.4 cm³/mol. The van der Waals surface area contributed by atoms with E-state index in [-0.39, 0.29) is 0 Å². The van der Waals surface area contributed by atoms with Crippen molar-refractivity contribution in [3.05, 3.63) is 36.4 Å². The van der Waals surface area contributed by atoms with Crippen LogP contribution in [0.3, 0.4) is 0 Å². The van der Waals surface area contributed by atoms with Gasteiger partial charge in [-0.3, -0.25) is 4.57 Å². The molecule has 0 fully saturated rings. The molecule has 6 heteroatoms. The van der Waals surface area contributed by atoms with Gasteiger partial charge in [0.25, 0.3) is 0 Å². The molecule has 0 spiro atoms. The van der Waals surface area contributed by atoms with Crippen LogP contribution in [0.5, 0.6) is 5.75 Å². The van der Waals surface area contributed by atoms with Crippen LogP contribution in [-0.2, 0) is 0 Å². The molecule has 0 radical (unpaired) electrons. The number of methoxy groups -OCH3 is 1. The highest BCUT2D eigenvalue weighted by molar-refractivity contribution is 5.79. The number of rotatable bonds is 2. The molecule has 96 valence electrons. The molecule has 2 N–H and O–H groups in total. The Morgan fingerprint density at radius 3 is 2.74 bits per heavy atom. The van der Waals surface area contributed by atoms with Crippen molar-refractivity contribution in [2.24, 2.45) is 0 Å². The molecule has 6 nitrogen and oxygen atoms in total. The van der Waals surface area contributed by atoms with Gasteiger partial charge in [0.2, 0.25) is 0 Å². The Morgan fingerprint density at radius 1 is 1.21 bits per heavy atom. The van der Waals surface area contributed by atoms with Gasteiger partial charge in [-0.2, -0.15) is 0 Å². The zero-order valence-corrected chi connectivity index (χ0v) is 10.7. The van der Waals surface area contributed by atoms with Gasteiger partial charge in [-0.1, -0.05) is 0 Å². The number of hydrogen-bond donors (Lipinski definition) is 1. The quantitative estimate of drug-likeness (QED) is 0.754. The summed E-state index contributed by atoms with van der Waals surface area (Å²) in [4.78, 5) is 12.8. The molecule has 2 aromatic heterocycles. The average Bonchev–Trinajstić information content (AvgIpc) is 2.74. The Balaban J connectivity index is 2.23. The minimum atomic E-state index is 0.396. The minimum absolute atomic E-state index is 0.396. The molecule has 0 aliphatic heterocycles. The van der Waals surface area contributed by atoms with Gasteiger partial charge in [-0.05, 0) is 19.1 Å². The van der Waals surface area contributed by atoms with Gasteiger partial charge >= 0.3 is 0 Å². The summed E-state index contributed by atoms with van der Waals surface area (Å²) in [5.41, 5.74) is 7.37. The highest BCUT2D eigenvalue weighted by Crippen LogP contribution is 2.23. The van der Waals surface area contributed by atoms with Crippen LogP contribution in [0.1, 0.15) is 5.82 Å². The number of benzene rings is 1. The zero-order valence-electron chi connectivity index (χ0n) is 10.7. The highest BCUT2D eigenvalue weighted by atomic mass is 16.5. The Hall–Kier alpha value is -2.63. The van der Waals surface area contributed by atoms with Crippen molar-refractivity contribution < 1.29 is 4.74 Å². The van der Waals surface area contributed by atoms with E-state index in [0.717, 1.165) is 22.6 Å². The van der Waals surface area contributed by atoms with Crippen LogP contribution in [0.4, 0.5) is 5.82 Å². The van der Waals surface area contributed by atoms with Crippen molar-refractivity contribution in [1.82, 2.24) is 19.5 Å². The summed E-state index contributed by atoms with van der Waals surface area (Å²) in [6.45, 7) is 1.92. The predicted octanol–water partition coefficient (Wildman–Crippen LogP) is 1.71. The molecule has 0 bridgehead atoms. The molecule has 0 saturated carbocycles. The monoisotopic (exact) mass is 255 g/mol. The summed E-state index contributed by atoms with van der Waals surface area (Å²) in [5, 5.41) is 0. The van der Waals surface area contributed by atoms with Gasteiger partial charge < -0.3 is 10.5 Å². The molecule has 0 saturated heterocycles. The van der Waals surface area contributed by atoms with Crippen LogP contribution in [-0.4, -0.2) is 26.6 Å². The zero-order chi connectivity index (χ0) is 13.4. The lowest BCUT2D eigenvalue weighted by molar-refractivity contribution is 0.415. The fourth-order valence-corrected chi connectivity index (χ4v) is 2.04. The Kier molecular flexibility index (Phi) is 2.56. The Bertz CT molecular complexity index is 733. The first-order valence-electron chi connectivity index (χ1n) is 5.80. The number of fused-ring (bicyclic) bond motifs is 1. The molecule has 3 rings (SSSR count). The molecular weight excluding hydrogens is 242 g/mol. The summed E-state index contributed by atoms with van der Waals surface area (Å²) >= 11 is 0. The average molecular weight is 255 g/mol. The SMILES string of the molecule is COc1ccc2c(c1)nc(C)n2-c1cnc(N)cn1. The van der Waals surface area contributed by atoms with Crippen LogP contribution < -0.4 is 10.5 Å². The second-order valence-electron chi connectivity index (χ2n) is 4.15. The topological polar surface area (TPSA) is 78.8 Å². The molecule has 0 atom stereocenters. The van der Waals surface area contributed by atoms with Crippen molar-refractivity contribution in [2.45, 2.75) is 6.92 Å². The van der Waals surface area contributed by atoms with Crippen LogP contribution in [0.2, 0.25) is 0 Å². The molecular formula is C13H13N5O. The fourth-order valence-electron chi connectivity index (χ4n) is 2.04. The van der Waals surface area contributed by atoms with Crippen molar-refractivity contribution in [3.8, 4) is 11.6 Å². The van der Waals surface area contributed by atoms with Gasteiger partial charge in [-0.25, -0.2) is 15.0 Å². The summed E-state index contributed by atoms with van der Waals surface area (Å²) in [7, 11) is 1.64. The second-order valence-corrected chi connectivity index (χ2v) is 4.15. The van der Waals surface area contributed by atoms with Crippen molar-refractivity contribution in [1.29, 1.82) is 0 Å². The van der Waals surface area contributed by atoms with E-state index in [1.807, 2.05) is 29.7 Å². The maximum Gasteiger partial charge on any atom is 0.157 e. The number of aryl methyl sites for hydroxylation is 1. The van der Waals surface area contributed by atoms with Gasteiger partial charge in [0.1, 0.15) is 17.4 Å². The van der Waals surface area contributed by atoms with Gasteiger partial charge in [0.15, 0.2) is 5.82 Å². The van der Waals surface area contributed by atoms with Gasteiger partial charge in [0.05, 0.1) is 30.5 Å². The van der Waals surface area contributed by atoms with Gasteiger partial charge in [-0.15, -0.1) is 0 Å². The van der Waals surface area contributed by atoms with E-state index >= 15 is 0 Å². The minimum Gasteiger partial charge on any atom is -0.497 e. The highest BCUT2D eigenvalue weighted by Gasteiger charge is 2.11. The van der Waals surface area contributed by atoms with Crippen LogP contribution >= 0.6 is 0 Å². The van der Waals surface area contributed by atoms with E-state index in [9.17, 15) is 0 Å². The molecule has 3 aromatic rings. The fraction of sp³-hybridized carbons (Fsp3) is 0.154. The largest absolute Gasteiger partial charge is 0.497 e. The Labute approximate surface area is 109 Å². The molecule has 0 unspecified atom stereocenters. The van der Waals surface area contributed by atoms with Crippen molar-refractivity contribution >= 4 is 16.9 Å². The van der Waals surface area contributed by atoms with E-state index in [1.165, 1.54) is 6.20 Å². The number of nitrogens with zero attached hydrogens (tertiary/aromatic N) is 4. The number of nitrogen functional groups attached to an aromatic ring is 1. The maximum absolute atomic E-state index is 5.55. The summed E-state index contributed by atoms with van der Waals surface area (Å²) < 4.78 is 7.13. The standard InChI is InChI=1S/C13H13N5O/c1-8-17-10-5-9(19-2)3-4-11(10)18(8)13-7-15-12(14)6-16-13/h3-7H,1-2H3,(H2,14,15). The molecule has 0 aliphatic rings. The van der Waals surface area contributed by atoms with Crippen molar-refractivity contribution in [2.75, 3.05) is 12.8 Å². The van der Waals surface area contributed by atoms with Crippen LogP contribution in [0.15, 0.2) is 30.6 Å². The third kappa shape index (κ3) is 1.87. The van der Waals surface area contributed by atoms with E-state index in [2.05, 4.69) is 15.0 Å². The molecule has 19 heavy (non-hydrogen) atoms. The smallest absolute Gasteiger partial charge is 0.157 e. The first-order chi connectivity index (χ1) is 9.19. The molecule has 2 heterocycles. The number of nitrogens with two attached hydrogens (primary N) is 1. The number of aromatic nitrogens is 4. The molecule has 0 aliphatic carbocycles. The normalized spacial score (nSPS) is 10.8. The van der Waals surface area contributed by atoms with E-state index in [1.54, 1.807) is 13.3 Å². The summed E-state index contributed by atoms with van der Waals surface area (Å²) in [6, 6.07) is 5.74. The third-order valence-corrected chi connectivity index (χ3v) is 2.92. The number of ether oxygens (including phenoxy) is 1. The maximum atomic E-state index is 5.55. The van der Waals surface area contributed by atoms with Crippen molar-refractivity contribution in [3.63, 3.8) is 0 Å². The second kappa shape index (κ2) is 4.24. The molecule has 1 aromatic carbocycles. The first-order valence-corrected chi connectivity index (χ1v) is 5.80. The van der Waals surface area contributed by atoms with Crippen LogP contribution in [0.25, 0.3) is 16.9 Å². The lowest BCUT2D eigenvalue weighted by Crippen LogP contribution is -2.02. The van der Waals surface area contributed by atoms with E-state index in [0.29, 0.717) is 11.6 Å². The number of imidazole rings is 1. The Morgan fingerprint density at radius 2 is 2.05 bits per heavy atom. The van der Waals surface area contributed by atoms with E-state index in [4.69, 9.17) is 10.5 Å². The third-order valence-electron chi connectivity index (χ3n) is 2.92. The summed E-state index contributed by atoms with van der Waals surface area (Å²) in [5.74, 6) is 2.70. The number of hydrogen-bond acceptors (Lipinski definition) is 5.